The maximum Gasteiger partial charge on any atom is 0.263 e. The molecule has 0 fully saturated rings. The lowest BCUT2D eigenvalue weighted by atomic mass is 10.2. The number of amides is 1. The average molecular weight is 416 g/mol. The molecule has 3 aromatic rings. The Hall–Kier alpha value is -2.45. The summed E-state index contributed by atoms with van der Waals surface area (Å²) in [5, 5.41) is 3.86. The van der Waals surface area contributed by atoms with E-state index in [-0.39, 0.29) is 17.2 Å². The van der Waals surface area contributed by atoms with Gasteiger partial charge in [0.25, 0.3) is 5.56 Å². The van der Waals surface area contributed by atoms with Gasteiger partial charge in [-0.25, -0.2) is 9.37 Å². The van der Waals surface area contributed by atoms with Crippen molar-refractivity contribution in [2.24, 2.45) is 0 Å². The first-order chi connectivity index (χ1) is 13.6. The van der Waals surface area contributed by atoms with Crippen LogP contribution in [0.4, 0.5) is 10.1 Å². The zero-order chi connectivity index (χ0) is 19.7. The highest BCUT2D eigenvalue weighted by Gasteiger charge is 2.23. The van der Waals surface area contributed by atoms with Gasteiger partial charge in [-0.3, -0.25) is 14.2 Å². The van der Waals surface area contributed by atoms with Crippen LogP contribution in [0.15, 0.2) is 46.9 Å². The number of benzene rings is 1. The second kappa shape index (κ2) is 7.89. The number of hydrogen-bond acceptors (Lipinski definition) is 5. The van der Waals surface area contributed by atoms with Crippen molar-refractivity contribution < 1.29 is 9.18 Å². The zero-order valence-electron chi connectivity index (χ0n) is 15.0. The van der Waals surface area contributed by atoms with Crippen LogP contribution in [-0.4, -0.2) is 21.2 Å². The van der Waals surface area contributed by atoms with Crippen molar-refractivity contribution in [3.8, 4) is 0 Å². The second-order valence-corrected chi connectivity index (χ2v) is 8.51. The van der Waals surface area contributed by atoms with E-state index in [2.05, 4.69) is 16.9 Å². The highest BCUT2D eigenvalue weighted by molar-refractivity contribution is 7.99. The van der Waals surface area contributed by atoms with Crippen LogP contribution < -0.4 is 10.9 Å². The average Bonchev–Trinajstić information content (AvgIpc) is 3.23. The molecule has 1 aromatic carbocycles. The van der Waals surface area contributed by atoms with Crippen molar-refractivity contribution in [1.82, 2.24) is 9.55 Å². The summed E-state index contributed by atoms with van der Waals surface area (Å²) < 4.78 is 14.8. The number of carbonyl (C=O) groups is 1. The predicted octanol–water partition coefficient (Wildman–Crippen LogP) is 4.00. The Morgan fingerprint density at radius 2 is 2.29 bits per heavy atom. The van der Waals surface area contributed by atoms with Crippen molar-refractivity contribution >= 4 is 44.9 Å². The van der Waals surface area contributed by atoms with Crippen molar-refractivity contribution in [2.45, 2.75) is 31.0 Å². The van der Waals surface area contributed by atoms with E-state index >= 15 is 0 Å². The number of thiophene rings is 1. The summed E-state index contributed by atoms with van der Waals surface area (Å²) in [6, 6.07) is 5.73. The quantitative estimate of drug-likeness (QED) is 0.375. The molecule has 144 valence electrons. The minimum absolute atomic E-state index is 0.0662. The number of allylic oxidation sites excluding steroid dienone is 1. The van der Waals surface area contributed by atoms with Crippen LogP contribution in [0.2, 0.25) is 0 Å². The number of fused-ring (bicyclic) bond motifs is 3. The highest BCUT2D eigenvalue weighted by atomic mass is 32.2. The van der Waals surface area contributed by atoms with Crippen molar-refractivity contribution in [1.29, 1.82) is 0 Å². The molecule has 0 aliphatic heterocycles. The molecule has 0 spiro atoms. The lowest BCUT2D eigenvalue weighted by Gasteiger charge is -2.11. The molecule has 0 radical (unpaired) electrons. The van der Waals surface area contributed by atoms with Crippen molar-refractivity contribution in [3.05, 3.63) is 63.5 Å². The fourth-order valence-electron chi connectivity index (χ4n) is 3.35. The Labute approximate surface area is 169 Å². The maximum absolute atomic E-state index is 13.3. The Morgan fingerprint density at radius 1 is 1.43 bits per heavy atom. The van der Waals surface area contributed by atoms with Crippen LogP contribution in [0.25, 0.3) is 10.2 Å². The third-order valence-corrected chi connectivity index (χ3v) is 6.70. The molecule has 2 aromatic heterocycles. The third kappa shape index (κ3) is 3.62. The van der Waals surface area contributed by atoms with Gasteiger partial charge < -0.3 is 5.32 Å². The molecule has 0 bridgehead atoms. The third-order valence-electron chi connectivity index (χ3n) is 4.54. The van der Waals surface area contributed by atoms with Gasteiger partial charge in [-0.15, -0.1) is 17.9 Å². The number of aromatic nitrogens is 2. The molecule has 1 amide bonds. The first kappa shape index (κ1) is 18.9. The Morgan fingerprint density at radius 3 is 3.07 bits per heavy atom. The van der Waals surface area contributed by atoms with Crippen LogP contribution in [0.3, 0.4) is 0 Å². The van der Waals surface area contributed by atoms with E-state index in [4.69, 9.17) is 0 Å². The van der Waals surface area contributed by atoms with E-state index in [0.29, 0.717) is 22.8 Å². The largest absolute Gasteiger partial charge is 0.325 e. The van der Waals surface area contributed by atoms with E-state index in [1.165, 1.54) is 34.8 Å². The normalized spacial score (nSPS) is 12.9. The Balaban J connectivity index is 1.59. The van der Waals surface area contributed by atoms with Gasteiger partial charge in [-0.1, -0.05) is 23.9 Å². The number of nitrogens with zero attached hydrogens (tertiary/aromatic N) is 2. The molecule has 1 aliphatic rings. The predicted molar refractivity (Wildman–Crippen MR) is 112 cm³/mol. The first-order valence-corrected chi connectivity index (χ1v) is 10.7. The van der Waals surface area contributed by atoms with Gasteiger partial charge in [-0.2, -0.15) is 0 Å². The van der Waals surface area contributed by atoms with Crippen LogP contribution in [0.5, 0.6) is 0 Å². The molecule has 4 rings (SSSR count). The number of rotatable bonds is 6. The van der Waals surface area contributed by atoms with Gasteiger partial charge in [0.05, 0.1) is 11.1 Å². The standard InChI is InChI=1S/C20H18FN3O2S2/c1-2-9-24-19(26)17-14-7-4-8-15(14)28-18(17)23-20(24)27-11-16(25)22-13-6-3-5-12(21)10-13/h2-3,5-6,10H,1,4,7-9,11H2,(H,22,25). The summed E-state index contributed by atoms with van der Waals surface area (Å²) in [4.78, 5) is 32.0. The van der Waals surface area contributed by atoms with Gasteiger partial charge in [0, 0.05) is 17.1 Å². The van der Waals surface area contributed by atoms with Crippen LogP contribution in [-0.2, 0) is 24.2 Å². The molecule has 0 saturated heterocycles. The molecular weight excluding hydrogens is 397 g/mol. The summed E-state index contributed by atoms with van der Waals surface area (Å²) in [6.07, 6.45) is 4.64. The van der Waals surface area contributed by atoms with Crippen LogP contribution in [0.1, 0.15) is 16.9 Å². The Bertz CT molecular complexity index is 1140. The molecule has 8 heteroatoms. The molecule has 0 saturated carbocycles. The van der Waals surface area contributed by atoms with Gasteiger partial charge in [0.2, 0.25) is 5.91 Å². The molecule has 1 N–H and O–H groups in total. The van der Waals surface area contributed by atoms with Crippen LogP contribution >= 0.6 is 23.1 Å². The minimum atomic E-state index is -0.414. The summed E-state index contributed by atoms with van der Waals surface area (Å²) in [5.41, 5.74) is 1.46. The van der Waals surface area contributed by atoms with Gasteiger partial charge in [-0.05, 0) is 43.0 Å². The molecule has 28 heavy (non-hydrogen) atoms. The number of hydrogen-bond donors (Lipinski definition) is 1. The zero-order valence-corrected chi connectivity index (χ0v) is 16.7. The molecule has 2 heterocycles. The summed E-state index contributed by atoms with van der Waals surface area (Å²) in [5.74, 6) is -0.636. The van der Waals surface area contributed by atoms with Crippen LogP contribution in [0, 0.1) is 5.82 Å². The van der Waals surface area contributed by atoms with E-state index < -0.39 is 5.82 Å². The highest BCUT2D eigenvalue weighted by Crippen LogP contribution is 2.35. The first-order valence-electron chi connectivity index (χ1n) is 8.91. The minimum Gasteiger partial charge on any atom is -0.325 e. The maximum atomic E-state index is 13.3. The molecule has 0 atom stereocenters. The fraction of sp³-hybridized carbons (Fsp3) is 0.250. The monoisotopic (exact) mass is 415 g/mol. The van der Waals surface area contributed by atoms with E-state index in [1.807, 2.05) is 0 Å². The number of halogens is 1. The van der Waals surface area contributed by atoms with E-state index in [1.54, 1.807) is 28.0 Å². The fourth-order valence-corrected chi connectivity index (χ4v) is 5.46. The Kier molecular flexibility index (Phi) is 5.32. The number of carbonyl (C=O) groups excluding carboxylic acids is 1. The number of aryl methyl sites for hydroxylation is 2. The van der Waals surface area contributed by atoms with Gasteiger partial charge in [0.15, 0.2) is 5.16 Å². The second-order valence-electron chi connectivity index (χ2n) is 6.48. The summed E-state index contributed by atoms with van der Waals surface area (Å²) in [6.45, 7) is 4.06. The summed E-state index contributed by atoms with van der Waals surface area (Å²) in [7, 11) is 0. The topological polar surface area (TPSA) is 64.0 Å². The molecule has 5 nitrogen and oxygen atoms in total. The lowest BCUT2D eigenvalue weighted by Crippen LogP contribution is -2.24. The van der Waals surface area contributed by atoms with E-state index in [9.17, 15) is 14.0 Å². The molecular formula is C20H18FN3O2S2. The molecule has 0 unspecified atom stereocenters. The van der Waals surface area contributed by atoms with Crippen molar-refractivity contribution in [3.63, 3.8) is 0 Å². The summed E-state index contributed by atoms with van der Waals surface area (Å²) >= 11 is 2.77. The number of nitrogens with one attached hydrogen (secondary N) is 1. The smallest absolute Gasteiger partial charge is 0.263 e. The van der Waals surface area contributed by atoms with Crippen molar-refractivity contribution in [2.75, 3.05) is 11.1 Å². The molecule has 1 aliphatic carbocycles. The van der Waals surface area contributed by atoms with E-state index in [0.717, 1.165) is 29.7 Å². The number of anilines is 1. The lowest BCUT2D eigenvalue weighted by molar-refractivity contribution is -0.113. The number of thioether (sulfide) groups is 1. The SMILES string of the molecule is C=CCn1c(SCC(=O)Nc2cccc(F)c2)nc2sc3c(c2c1=O)CCC3. The van der Waals surface area contributed by atoms with Gasteiger partial charge in [0.1, 0.15) is 10.6 Å². The van der Waals surface area contributed by atoms with Gasteiger partial charge >= 0.3 is 0 Å².